The van der Waals surface area contributed by atoms with Crippen LogP contribution in [0.4, 0.5) is 14.6 Å². The van der Waals surface area contributed by atoms with Crippen molar-refractivity contribution in [3.63, 3.8) is 0 Å². The number of aromatic nitrogens is 2. The van der Waals surface area contributed by atoms with Gasteiger partial charge in [-0.05, 0) is 82.2 Å². The number of halogens is 2. The summed E-state index contributed by atoms with van der Waals surface area (Å²) in [5.41, 5.74) is 0.597. The van der Waals surface area contributed by atoms with E-state index in [-0.39, 0.29) is 33.9 Å². The maximum Gasteiger partial charge on any atom is 0.349 e. The fraction of sp³-hybridized carbons (Fsp3) is 0.485. The zero-order chi connectivity index (χ0) is 30.5. The van der Waals surface area contributed by atoms with Crippen LogP contribution in [0.1, 0.15) is 37.7 Å². The topological polar surface area (TPSA) is 95.2 Å². The lowest BCUT2D eigenvalue weighted by atomic mass is 9.98. The number of nitrogens with zero attached hydrogens (tertiary/aromatic N) is 5. The quantitative estimate of drug-likeness (QED) is 0.343. The van der Waals surface area contributed by atoms with Gasteiger partial charge >= 0.3 is 11.6 Å². The van der Waals surface area contributed by atoms with Crippen LogP contribution in [-0.4, -0.2) is 89.5 Å². The predicted molar refractivity (Wildman–Crippen MR) is 165 cm³/mol. The van der Waals surface area contributed by atoms with Crippen LogP contribution >= 0.6 is 0 Å². The first-order valence-corrected chi connectivity index (χ1v) is 15.5. The second-order valence-corrected chi connectivity index (χ2v) is 12.3. The predicted octanol–water partition coefficient (Wildman–Crippen LogP) is 5.04. The van der Waals surface area contributed by atoms with E-state index in [9.17, 15) is 18.7 Å². The lowest BCUT2D eigenvalue weighted by molar-refractivity contribution is 0.129. The van der Waals surface area contributed by atoms with E-state index in [4.69, 9.17) is 9.15 Å². The first-order chi connectivity index (χ1) is 21.3. The van der Waals surface area contributed by atoms with Crippen molar-refractivity contribution in [2.75, 3.05) is 51.3 Å². The largest absolute Gasteiger partial charge is 0.508 e. The molecule has 4 fully saturated rings. The van der Waals surface area contributed by atoms with Gasteiger partial charge in [0.2, 0.25) is 0 Å². The zero-order valence-corrected chi connectivity index (χ0v) is 25.1. The number of benzene rings is 2. The molecule has 44 heavy (non-hydrogen) atoms. The van der Waals surface area contributed by atoms with Crippen molar-refractivity contribution in [3.8, 4) is 23.1 Å². The van der Waals surface area contributed by atoms with Gasteiger partial charge in [0.25, 0.3) is 0 Å². The fourth-order valence-electron chi connectivity index (χ4n) is 7.30. The molecule has 9 nitrogen and oxygen atoms in total. The molecule has 2 aromatic carbocycles. The van der Waals surface area contributed by atoms with Crippen molar-refractivity contribution in [3.05, 3.63) is 52.1 Å². The third-order valence-electron chi connectivity index (χ3n) is 9.63. The number of fused-ring (bicyclic) bond motifs is 3. The van der Waals surface area contributed by atoms with Gasteiger partial charge in [0.1, 0.15) is 28.9 Å². The Morgan fingerprint density at radius 1 is 1.00 bits per heavy atom. The van der Waals surface area contributed by atoms with Crippen LogP contribution in [0.15, 0.2) is 39.5 Å². The fourth-order valence-corrected chi connectivity index (χ4v) is 7.30. The second-order valence-electron chi connectivity index (χ2n) is 12.3. The highest BCUT2D eigenvalue weighted by molar-refractivity contribution is 6.00. The minimum absolute atomic E-state index is 0.0599. The van der Waals surface area contributed by atoms with Gasteiger partial charge in [-0.25, -0.2) is 13.6 Å². The number of phenols is 1. The molecule has 3 atom stereocenters. The minimum Gasteiger partial charge on any atom is -0.508 e. The normalized spacial score (nSPS) is 23.5. The van der Waals surface area contributed by atoms with E-state index in [1.54, 1.807) is 19.1 Å². The average molecular weight is 606 g/mol. The molecule has 6 heterocycles. The number of rotatable bonds is 4. The monoisotopic (exact) mass is 605 g/mol. The summed E-state index contributed by atoms with van der Waals surface area (Å²) in [5.74, 6) is 0.107. The molecule has 3 unspecified atom stereocenters. The number of ether oxygens (including phenoxy) is 1. The summed E-state index contributed by atoms with van der Waals surface area (Å²) in [7, 11) is 1.48. The van der Waals surface area contributed by atoms with Crippen molar-refractivity contribution in [2.24, 2.45) is 0 Å². The number of aromatic hydroxyl groups is 1. The van der Waals surface area contributed by atoms with Crippen molar-refractivity contribution in [2.45, 2.75) is 57.3 Å². The molecule has 0 aliphatic carbocycles. The molecule has 4 saturated heterocycles. The van der Waals surface area contributed by atoms with Crippen LogP contribution in [0, 0.1) is 12.7 Å². The van der Waals surface area contributed by atoms with Gasteiger partial charge in [-0.2, -0.15) is 9.97 Å². The third kappa shape index (κ3) is 5.15. The van der Waals surface area contributed by atoms with Gasteiger partial charge in [0, 0.05) is 48.2 Å². The van der Waals surface area contributed by atoms with Gasteiger partial charge in [0.05, 0.1) is 12.6 Å². The molecule has 4 aliphatic rings. The highest BCUT2D eigenvalue weighted by Crippen LogP contribution is 2.39. The van der Waals surface area contributed by atoms with E-state index in [0.29, 0.717) is 40.9 Å². The van der Waals surface area contributed by atoms with Crippen LogP contribution in [0.5, 0.6) is 11.8 Å². The molecule has 0 bridgehead atoms. The standard InChI is InChI=1S/C26H25FN4O4.C7H12FN/c1-14-22-21(24(29-26(28-22)34-2)31-10-7-16(13-31)30-8-4-9-30)25(33)35-23(14)18-12-17(32)11-15-5-3-6-19(27)20(15)18;8-6-4-7-2-1-3-9(7)5-6/h3,5-6,11-12,16,32H,4,7-10,13H2,1-2H3;6-7H,1-5H2. The molecular formula is C33H37F2N5O4. The molecule has 0 spiro atoms. The Morgan fingerprint density at radius 2 is 1.82 bits per heavy atom. The van der Waals surface area contributed by atoms with Crippen molar-refractivity contribution in [1.29, 1.82) is 0 Å². The number of hydrogen-bond acceptors (Lipinski definition) is 9. The second kappa shape index (κ2) is 11.6. The molecule has 4 aliphatic heterocycles. The van der Waals surface area contributed by atoms with Gasteiger partial charge < -0.3 is 19.2 Å². The molecule has 0 amide bonds. The van der Waals surface area contributed by atoms with E-state index < -0.39 is 17.6 Å². The van der Waals surface area contributed by atoms with Crippen LogP contribution in [-0.2, 0) is 0 Å². The Labute approximate surface area is 254 Å². The number of phenolic OH excluding ortho intramolecular Hbond substituents is 1. The first kappa shape index (κ1) is 28.9. The summed E-state index contributed by atoms with van der Waals surface area (Å²) < 4.78 is 38.7. The Balaban J connectivity index is 0.000000296. The van der Waals surface area contributed by atoms with Crippen LogP contribution in [0.3, 0.4) is 0 Å². The maximum atomic E-state index is 14.9. The van der Waals surface area contributed by atoms with Gasteiger partial charge in [0.15, 0.2) is 5.82 Å². The van der Waals surface area contributed by atoms with Gasteiger partial charge in [-0.1, -0.05) is 12.1 Å². The summed E-state index contributed by atoms with van der Waals surface area (Å²) in [6.07, 6.45) is 5.02. The van der Waals surface area contributed by atoms with Gasteiger partial charge in [-0.3, -0.25) is 9.80 Å². The highest BCUT2D eigenvalue weighted by Gasteiger charge is 2.35. The molecule has 11 heteroatoms. The number of aryl methyl sites for hydroxylation is 1. The third-order valence-corrected chi connectivity index (χ3v) is 9.63. The number of alkyl halides is 1. The Morgan fingerprint density at radius 3 is 2.57 bits per heavy atom. The molecule has 0 radical (unpaired) electrons. The highest BCUT2D eigenvalue weighted by atomic mass is 19.1. The Kier molecular flexibility index (Phi) is 7.62. The maximum absolute atomic E-state index is 14.9. The van der Waals surface area contributed by atoms with Crippen molar-refractivity contribution >= 4 is 27.5 Å². The van der Waals surface area contributed by atoms with E-state index in [1.807, 2.05) is 0 Å². The molecule has 232 valence electrons. The van der Waals surface area contributed by atoms with Crippen molar-refractivity contribution < 1.29 is 23.0 Å². The lowest BCUT2D eigenvalue weighted by Gasteiger charge is -2.36. The van der Waals surface area contributed by atoms with Crippen LogP contribution in [0.25, 0.3) is 33.0 Å². The SMILES string of the molecule is COc1nc(N2CCC(N3CCC3)C2)c2c(=O)oc(-c3cc(O)cc4cccc(F)c34)c(C)c2n1.FC1CC2CCCN2C1. The molecular weight excluding hydrogens is 568 g/mol. The smallest absolute Gasteiger partial charge is 0.349 e. The lowest BCUT2D eigenvalue weighted by Crippen LogP contribution is -2.46. The first-order valence-electron chi connectivity index (χ1n) is 15.5. The van der Waals surface area contributed by atoms with E-state index >= 15 is 0 Å². The zero-order valence-electron chi connectivity index (χ0n) is 25.1. The number of anilines is 1. The van der Waals surface area contributed by atoms with E-state index in [2.05, 4.69) is 24.7 Å². The summed E-state index contributed by atoms with van der Waals surface area (Å²) in [4.78, 5) is 29.3. The molecule has 1 N–H and O–H groups in total. The van der Waals surface area contributed by atoms with Crippen LogP contribution < -0.4 is 15.3 Å². The Bertz CT molecular complexity index is 1770. The number of methoxy groups -OCH3 is 1. The number of hydrogen-bond donors (Lipinski definition) is 1. The minimum atomic E-state index is -0.613. The summed E-state index contributed by atoms with van der Waals surface area (Å²) in [6, 6.07) is 8.66. The summed E-state index contributed by atoms with van der Waals surface area (Å²) >= 11 is 0. The molecule has 2 aromatic heterocycles. The van der Waals surface area contributed by atoms with Gasteiger partial charge in [-0.15, -0.1) is 0 Å². The van der Waals surface area contributed by atoms with E-state index in [1.165, 1.54) is 44.6 Å². The summed E-state index contributed by atoms with van der Waals surface area (Å²) in [6.45, 7) is 7.35. The van der Waals surface area contributed by atoms with E-state index in [0.717, 1.165) is 45.6 Å². The summed E-state index contributed by atoms with van der Waals surface area (Å²) in [5, 5.41) is 11.3. The van der Waals surface area contributed by atoms with Crippen LogP contribution in [0.2, 0.25) is 0 Å². The average Bonchev–Trinajstić information content (AvgIpc) is 3.70. The number of likely N-dealkylation sites (tertiary alicyclic amines) is 1. The molecule has 4 aromatic rings. The molecule has 0 saturated carbocycles. The Hall–Kier alpha value is -3.83. The molecule has 8 rings (SSSR count). The van der Waals surface area contributed by atoms with Crippen molar-refractivity contribution in [1.82, 2.24) is 19.8 Å².